The highest BCUT2D eigenvalue weighted by atomic mass is 32.2. The summed E-state index contributed by atoms with van der Waals surface area (Å²) >= 11 is 0. The van der Waals surface area contributed by atoms with E-state index in [0.29, 0.717) is 0 Å². The molecule has 13 heteroatoms. The van der Waals surface area contributed by atoms with E-state index >= 15 is 0 Å². The molecule has 0 amide bonds. The van der Waals surface area contributed by atoms with E-state index in [4.69, 9.17) is 0 Å². The summed E-state index contributed by atoms with van der Waals surface area (Å²) in [4.78, 5) is 11.3. The molecule has 0 rings (SSSR count). The fourth-order valence-corrected chi connectivity index (χ4v) is 2.17. The van der Waals surface area contributed by atoms with Gasteiger partial charge in [0.05, 0.1) is 28.9 Å². The number of carbonyl (C=O) groups excluding carboxylic acids is 1. The highest BCUT2D eigenvalue weighted by Crippen LogP contribution is 2.46. The van der Waals surface area contributed by atoms with Crippen molar-refractivity contribution in [3.8, 4) is 0 Å². The summed E-state index contributed by atoms with van der Waals surface area (Å²) in [6.45, 7) is 5.67. The molecule has 0 spiro atoms. The Kier molecular flexibility index (Phi) is 6.88. The predicted molar refractivity (Wildman–Crippen MR) is 65.4 cm³/mol. The Hall–Kier alpha value is -1.76. The van der Waals surface area contributed by atoms with E-state index < -0.39 is 52.8 Å². The lowest BCUT2D eigenvalue weighted by Crippen LogP contribution is -2.63. The first-order chi connectivity index (χ1) is 10.6. The van der Waals surface area contributed by atoms with Crippen LogP contribution in [0.15, 0.2) is 25.0 Å². The van der Waals surface area contributed by atoms with Crippen molar-refractivity contribution in [1.29, 1.82) is 0 Å². The van der Waals surface area contributed by atoms with Gasteiger partial charge in [-0.2, -0.15) is 26.3 Å². The molecule has 6 nitrogen and oxygen atoms in total. The average Bonchev–Trinajstić information content (AvgIpc) is 2.33. The maximum Gasteiger partial charge on any atom is 0.438 e. The van der Waals surface area contributed by atoms with Gasteiger partial charge in [-0.3, -0.25) is 4.79 Å². The first-order valence-corrected chi connectivity index (χ1v) is 7.36. The Morgan fingerprint density at radius 3 is 1.92 bits per heavy atom. The molecular weight excluding hydrogens is 374 g/mol. The van der Waals surface area contributed by atoms with Gasteiger partial charge in [-0.15, -0.1) is 0 Å². The van der Waals surface area contributed by atoms with Crippen molar-refractivity contribution < 1.29 is 53.6 Å². The predicted octanol–water partition coefficient (Wildman–Crippen LogP) is 2.04. The molecule has 0 saturated carbocycles. The lowest BCUT2D eigenvalue weighted by Gasteiger charge is -2.36. The smallest absolute Gasteiger partial charge is 0.438 e. The van der Waals surface area contributed by atoms with Crippen LogP contribution in [0.1, 0.15) is 6.42 Å². The number of esters is 1. The van der Waals surface area contributed by atoms with Crippen molar-refractivity contribution >= 4 is 16.1 Å². The largest absolute Gasteiger partial charge is 0.748 e. The highest BCUT2D eigenvalue weighted by Gasteiger charge is 2.75. The molecule has 0 heterocycles. The molecule has 0 saturated heterocycles. The molecular formula is C11H11F6O6S-. The molecule has 0 radical (unpaired) electrons. The van der Waals surface area contributed by atoms with Crippen LogP contribution in [0.4, 0.5) is 26.3 Å². The maximum atomic E-state index is 12.8. The van der Waals surface area contributed by atoms with Crippen molar-refractivity contribution in [1.82, 2.24) is 0 Å². The molecule has 0 aromatic rings. The van der Waals surface area contributed by atoms with E-state index in [2.05, 4.69) is 22.6 Å². The van der Waals surface area contributed by atoms with Crippen LogP contribution in [0.25, 0.3) is 0 Å². The Morgan fingerprint density at radius 2 is 1.58 bits per heavy atom. The fourth-order valence-electron chi connectivity index (χ4n) is 1.29. The molecule has 0 aromatic carbocycles. The number of hydrogen-bond acceptors (Lipinski definition) is 6. The standard InChI is InChI=1S/C11H12F6O6S/c1-3-7(2)22-5-4-8(18)23-9(10(12,13)14,11(15,16)17)6-24(19,20)21/h3H,1-2,4-6H2,(H,19,20,21)/p-1. The van der Waals surface area contributed by atoms with Crippen LogP contribution < -0.4 is 0 Å². The highest BCUT2D eigenvalue weighted by molar-refractivity contribution is 7.85. The zero-order valence-electron chi connectivity index (χ0n) is 11.7. The number of ether oxygens (including phenoxy) is 2. The number of alkyl halides is 6. The molecule has 0 aliphatic heterocycles. The summed E-state index contributed by atoms with van der Waals surface area (Å²) < 4.78 is 116. The molecule has 0 aliphatic carbocycles. The average molecular weight is 385 g/mol. The Bertz CT molecular complexity index is 577. The van der Waals surface area contributed by atoms with Crippen molar-refractivity contribution in [3.63, 3.8) is 0 Å². The number of allylic oxidation sites excluding steroid dienone is 1. The van der Waals surface area contributed by atoms with E-state index in [9.17, 15) is 44.1 Å². The number of carbonyl (C=O) groups is 1. The summed E-state index contributed by atoms with van der Waals surface area (Å²) in [6.07, 6.45) is -12.8. The minimum Gasteiger partial charge on any atom is -0.748 e. The van der Waals surface area contributed by atoms with Gasteiger partial charge >= 0.3 is 23.9 Å². The molecule has 0 unspecified atom stereocenters. The van der Waals surface area contributed by atoms with Gasteiger partial charge in [0.25, 0.3) is 0 Å². The number of rotatable bonds is 8. The van der Waals surface area contributed by atoms with Crippen LogP contribution in [0.5, 0.6) is 0 Å². The van der Waals surface area contributed by atoms with Crippen LogP contribution in [-0.2, 0) is 24.4 Å². The molecule has 0 aliphatic rings. The van der Waals surface area contributed by atoms with Crippen molar-refractivity contribution in [2.24, 2.45) is 0 Å². The summed E-state index contributed by atoms with van der Waals surface area (Å²) in [5.41, 5.74) is -5.48. The van der Waals surface area contributed by atoms with Gasteiger partial charge in [-0.05, 0) is 6.08 Å². The first kappa shape index (κ1) is 22.2. The zero-order valence-corrected chi connectivity index (χ0v) is 12.6. The molecule has 24 heavy (non-hydrogen) atoms. The van der Waals surface area contributed by atoms with Crippen LogP contribution in [0, 0.1) is 0 Å². The van der Waals surface area contributed by atoms with Crippen LogP contribution in [-0.4, -0.2) is 49.3 Å². The van der Waals surface area contributed by atoms with Gasteiger partial charge in [-0.25, -0.2) is 8.42 Å². The third kappa shape index (κ3) is 6.03. The minimum atomic E-state index is -6.40. The molecule has 0 atom stereocenters. The second kappa shape index (κ2) is 7.42. The van der Waals surface area contributed by atoms with Gasteiger partial charge in [-0.1, -0.05) is 13.2 Å². The third-order valence-corrected chi connectivity index (χ3v) is 3.17. The minimum absolute atomic E-state index is 0.122. The van der Waals surface area contributed by atoms with E-state index in [1.54, 1.807) is 0 Å². The number of hydrogen-bond donors (Lipinski definition) is 0. The molecule has 0 bridgehead atoms. The molecule has 0 aromatic heterocycles. The van der Waals surface area contributed by atoms with Crippen LogP contribution in [0.2, 0.25) is 0 Å². The fraction of sp³-hybridized carbons (Fsp3) is 0.545. The van der Waals surface area contributed by atoms with Gasteiger partial charge in [0.2, 0.25) is 0 Å². The SMILES string of the molecule is C=CC(=C)OCCC(=O)OC(CS(=O)(=O)[O-])(C(F)(F)F)C(F)(F)F. The summed E-state index contributed by atoms with van der Waals surface area (Å²) in [7, 11) is -6.06. The molecule has 0 fully saturated rings. The van der Waals surface area contributed by atoms with Crippen molar-refractivity contribution in [2.45, 2.75) is 24.4 Å². The van der Waals surface area contributed by atoms with E-state index in [1.165, 1.54) is 0 Å². The lowest BCUT2D eigenvalue weighted by atomic mass is 10.1. The number of halogens is 6. The maximum absolute atomic E-state index is 12.8. The van der Waals surface area contributed by atoms with Crippen molar-refractivity contribution in [3.05, 3.63) is 25.0 Å². The quantitative estimate of drug-likeness (QED) is 0.209. The second-order valence-corrected chi connectivity index (χ2v) is 5.67. The Labute approximate surface area is 132 Å². The zero-order chi connectivity index (χ0) is 19.4. The normalized spacial score (nSPS) is 13.3. The Balaban J connectivity index is 5.52. The summed E-state index contributed by atoms with van der Waals surface area (Å²) in [5, 5.41) is 0. The topological polar surface area (TPSA) is 92.7 Å². The van der Waals surface area contributed by atoms with Crippen LogP contribution in [0.3, 0.4) is 0 Å². The van der Waals surface area contributed by atoms with Gasteiger partial charge in [0, 0.05) is 0 Å². The summed E-state index contributed by atoms with van der Waals surface area (Å²) in [6, 6.07) is 0. The van der Waals surface area contributed by atoms with Gasteiger partial charge < -0.3 is 14.0 Å². The Morgan fingerprint density at radius 1 is 1.12 bits per heavy atom. The first-order valence-electron chi connectivity index (χ1n) is 5.79. The van der Waals surface area contributed by atoms with Crippen molar-refractivity contribution in [2.75, 3.05) is 12.4 Å². The van der Waals surface area contributed by atoms with E-state index in [-0.39, 0.29) is 5.76 Å². The van der Waals surface area contributed by atoms with Gasteiger partial charge in [0.15, 0.2) is 0 Å². The van der Waals surface area contributed by atoms with E-state index in [1.807, 2.05) is 0 Å². The summed E-state index contributed by atoms with van der Waals surface area (Å²) in [5.74, 6) is -5.24. The van der Waals surface area contributed by atoms with E-state index in [0.717, 1.165) is 6.08 Å². The van der Waals surface area contributed by atoms with Crippen LogP contribution >= 0.6 is 0 Å². The lowest BCUT2D eigenvalue weighted by molar-refractivity contribution is -0.361. The monoisotopic (exact) mass is 385 g/mol. The van der Waals surface area contributed by atoms with Gasteiger partial charge in [0.1, 0.15) is 5.76 Å². The molecule has 0 N–H and O–H groups in total. The third-order valence-electron chi connectivity index (χ3n) is 2.41. The molecule has 140 valence electrons. The second-order valence-electron chi connectivity index (χ2n) is 4.27.